The maximum Gasteiger partial charge on any atom is 0.165 e. The third kappa shape index (κ3) is 1.40. The van der Waals surface area contributed by atoms with Crippen LogP contribution in [0.25, 0.3) is 0 Å². The van der Waals surface area contributed by atoms with Crippen LogP contribution in [0.5, 0.6) is 0 Å². The van der Waals surface area contributed by atoms with Crippen molar-refractivity contribution in [3.05, 3.63) is 23.8 Å². The smallest absolute Gasteiger partial charge is 0.165 e. The lowest BCUT2D eigenvalue weighted by Gasteiger charge is -2.19. The summed E-state index contributed by atoms with van der Waals surface area (Å²) in [6.45, 7) is 2.92. The standard InChI is InChI=1S/C9H12O2/c1-7(10)9(2,11)8-5-3-4-6-8/h3,5-6,11H,4H2,1-2H3. The van der Waals surface area contributed by atoms with Gasteiger partial charge in [0, 0.05) is 0 Å². The fraction of sp³-hybridized carbons (Fsp3) is 0.444. The van der Waals surface area contributed by atoms with Crippen LogP contribution in [0.2, 0.25) is 0 Å². The van der Waals surface area contributed by atoms with E-state index in [1.807, 2.05) is 12.2 Å². The molecule has 0 aromatic carbocycles. The number of hydrogen-bond donors (Lipinski definition) is 1. The number of Topliss-reactive ketones (excluding diaryl/α,β-unsaturated/α-hetero) is 1. The van der Waals surface area contributed by atoms with E-state index in [4.69, 9.17) is 0 Å². The molecular weight excluding hydrogens is 140 g/mol. The average Bonchev–Trinajstić information content (AvgIpc) is 2.37. The summed E-state index contributed by atoms with van der Waals surface area (Å²) >= 11 is 0. The largest absolute Gasteiger partial charge is 0.378 e. The van der Waals surface area contributed by atoms with Gasteiger partial charge in [0.25, 0.3) is 0 Å². The first-order chi connectivity index (χ1) is 5.05. The highest BCUT2D eigenvalue weighted by molar-refractivity contribution is 5.88. The van der Waals surface area contributed by atoms with E-state index in [9.17, 15) is 9.90 Å². The molecule has 1 atom stereocenters. The van der Waals surface area contributed by atoms with E-state index in [1.54, 1.807) is 6.08 Å². The van der Waals surface area contributed by atoms with Gasteiger partial charge in [-0.25, -0.2) is 0 Å². The third-order valence-electron chi connectivity index (χ3n) is 2.02. The molecule has 0 spiro atoms. The van der Waals surface area contributed by atoms with Crippen LogP contribution in [0.3, 0.4) is 0 Å². The molecule has 1 N–H and O–H groups in total. The molecule has 1 aliphatic carbocycles. The highest BCUT2D eigenvalue weighted by Crippen LogP contribution is 2.23. The Bertz CT molecular complexity index is 234. The second kappa shape index (κ2) is 2.62. The summed E-state index contributed by atoms with van der Waals surface area (Å²) in [5.41, 5.74) is -0.572. The van der Waals surface area contributed by atoms with E-state index >= 15 is 0 Å². The Morgan fingerprint density at radius 1 is 1.73 bits per heavy atom. The molecule has 0 saturated carbocycles. The Labute approximate surface area is 66.2 Å². The minimum atomic E-state index is -1.28. The van der Waals surface area contributed by atoms with Crippen LogP contribution < -0.4 is 0 Å². The van der Waals surface area contributed by atoms with Crippen molar-refractivity contribution >= 4 is 5.78 Å². The zero-order valence-corrected chi connectivity index (χ0v) is 6.79. The highest BCUT2D eigenvalue weighted by Gasteiger charge is 2.30. The minimum Gasteiger partial charge on any atom is -0.378 e. The quantitative estimate of drug-likeness (QED) is 0.645. The van der Waals surface area contributed by atoms with Gasteiger partial charge in [-0.05, 0) is 25.8 Å². The van der Waals surface area contributed by atoms with Crippen LogP contribution in [-0.4, -0.2) is 16.5 Å². The fourth-order valence-corrected chi connectivity index (χ4v) is 1.02. The van der Waals surface area contributed by atoms with E-state index in [0.717, 1.165) is 6.42 Å². The van der Waals surface area contributed by atoms with Crippen molar-refractivity contribution in [2.45, 2.75) is 25.9 Å². The summed E-state index contributed by atoms with van der Waals surface area (Å²) in [4.78, 5) is 10.9. The van der Waals surface area contributed by atoms with Gasteiger partial charge in [0.1, 0.15) is 5.60 Å². The molecule has 2 nitrogen and oxygen atoms in total. The summed E-state index contributed by atoms with van der Waals surface area (Å²) in [6.07, 6.45) is 6.40. The first-order valence-electron chi connectivity index (χ1n) is 3.65. The van der Waals surface area contributed by atoms with Gasteiger partial charge in [0.2, 0.25) is 0 Å². The zero-order chi connectivity index (χ0) is 8.48. The van der Waals surface area contributed by atoms with Gasteiger partial charge in [-0.2, -0.15) is 0 Å². The molecule has 1 rings (SSSR count). The second-order valence-electron chi connectivity index (χ2n) is 2.93. The minimum absolute atomic E-state index is 0.213. The monoisotopic (exact) mass is 152 g/mol. The highest BCUT2D eigenvalue weighted by atomic mass is 16.3. The predicted octanol–water partition coefficient (Wildman–Crippen LogP) is 1.21. The molecule has 0 bridgehead atoms. The lowest BCUT2D eigenvalue weighted by molar-refractivity contribution is -0.129. The van der Waals surface area contributed by atoms with Crippen LogP contribution in [0.15, 0.2) is 23.8 Å². The maximum atomic E-state index is 10.9. The second-order valence-corrected chi connectivity index (χ2v) is 2.93. The lowest BCUT2D eigenvalue weighted by Crippen LogP contribution is -2.34. The molecule has 60 valence electrons. The molecule has 2 heteroatoms. The van der Waals surface area contributed by atoms with E-state index in [2.05, 4.69) is 0 Å². The van der Waals surface area contributed by atoms with Crippen LogP contribution in [0.4, 0.5) is 0 Å². The molecule has 0 aromatic heterocycles. The van der Waals surface area contributed by atoms with E-state index in [1.165, 1.54) is 13.8 Å². The number of hydrogen-bond acceptors (Lipinski definition) is 2. The number of rotatable bonds is 2. The fourth-order valence-electron chi connectivity index (χ4n) is 1.02. The number of ketones is 1. The first-order valence-corrected chi connectivity index (χ1v) is 3.65. The summed E-state index contributed by atoms with van der Waals surface area (Å²) in [6, 6.07) is 0. The molecule has 1 unspecified atom stereocenters. The topological polar surface area (TPSA) is 37.3 Å². The summed E-state index contributed by atoms with van der Waals surface area (Å²) in [5.74, 6) is -0.213. The van der Waals surface area contributed by atoms with Crippen molar-refractivity contribution in [3.63, 3.8) is 0 Å². The van der Waals surface area contributed by atoms with Crippen molar-refractivity contribution in [3.8, 4) is 0 Å². The lowest BCUT2D eigenvalue weighted by atomic mass is 9.93. The molecule has 0 saturated heterocycles. The van der Waals surface area contributed by atoms with Crippen molar-refractivity contribution in [2.24, 2.45) is 0 Å². The molecule has 11 heavy (non-hydrogen) atoms. The Balaban J connectivity index is 2.88. The molecule has 1 aliphatic rings. The summed E-state index contributed by atoms with van der Waals surface area (Å²) in [7, 11) is 0. The molecule has 0 heterocycles. The van der Waals surface area contributed by atoms with Gasteiger partial charge < -0.3 is 5.11 Å². The Morgan fingerprint density at radius 2 is 2.36 bits per heavy atom. The molecule has 0 aliphatic heterocycles. The third-order valence-corrected chi connectivity index (χ3v) is 2.02. The van der Waals surface area contributed by atoms with Crippen molar-refractivity contribution in [1.29, 1.82) is 0 Å². The SMILES string of the molecule is CC(=O)C(C)(O)C1=CCC=C1. The number of aliphatic hydroxyl groups is 1. The van der Waals surface area contributed by atoms with Gasteiger partial charge in [-0.1, -0.05) is 18.2 Å². The van der Waals surface area contributed by atoms with Crippen molar-refractivity contribution < 1.29 is 9.90 Å². The van der Waals surface area contributed by atoms with Crippen LogP contribution in [0, 0.1) is 0 Å². The first kappa shape index (κ1) is 8.21. The molecule has 0 fully saturated rings. The van der Waals surface area contributed by atoms with Crippen LogP contribution in [0.1, 0.15) is 20.3 Å². The van der Waals surface area contributed by atoms with Crippen LogP contribution >= 0.6 is 0 Å². The molecule has 0 radical (unpaired) electrons. The average molecular weight is 152 g/mol. The number of carbonyl (C=O) groups excluding carboxylic acids is 1. The Hall–Kier alpha value is -0.890. The normalized spacial score (nSPS) is 21.2. The van der Waals surface area contributed by atoms with E-state index in [0.29, 0.717) is 5.57 Å². The van der Waals surface area contributed by atoms with E-state index < -0.39 is 5.60 Å². The predicted molar refractivity (Wildman–Crippen MR) is 43.1 cm³/mol. The van der Waals surface area contributed by atoms with Gasteiger partial charge in [0.05, 0.1) is 0 Å². The van der Waals surface area contributed by atoms with Gasteiger partial charge >= 0.3 is 0 Å². The van der Waals surface area contributed by atoms with Crippen molar-refractivity contribution in [2.75, 3.05) is 0 Å². The number of carbonyl (C=O) groups is 1. The number of allylic oxidation sites excluding steroid dienone is 2. The summed E-state index contributed by atoms with van der Waals surface area (Å²) < 4.78 is 0. The zero-order valence-electron chi connectivity index (χ0n) is 6.79. The van der Waals surface area contributed by atoms with Crippen molar-refractivity contribution in [1.82, 2.24) is 0 Å². The Kier molecular flexibility index (Phi) is 1.96. The Morgan fingerprint density at radius 3 is 2.73 bits per heavy atom. The molecule has 0 aromatic rings. The molecule has 0 amide bonds. The van der Waals surface area contributed by atoms with Crippen LogP contribution in [-0.2, 0) is 4.79 Å². The molecular formula is C9H12O2. The van der Waals surface area contributed by atoms with Gasteiger partial charge in [-0.15, -0.1) is 0 Å². The summed E-state index contributed by atoms with van der Waals surface area (Å²) in [5, 5.41) is 9.62. The van der Waals surface area contributed by atoms with Gasteiger partial charge in [0.15, 0.2) is 5.78 Å². The van der Waals surface area contributed by atoms with E-state index in [-0.39, 0.29) is 5.78 Å². The maximum absolute atomic E-state index is 10.9. The van der Waals surface area contributed by atoms with Gasteiger partial charge in [-0.3, -0.25) is 4.79 Å².